The van der Waals surface area contributed by atoms with Gasteiger partial charge in [-0.15, -0.1) is 0 Å². The largest absolute Gasteiger partial charge is 0.481 e. The van der Waals surface area contributed by atoms with Gasteiger partial charge in [0.15, 0.2) is 0 Å². The van der Waals surface area contributed by atoms with Gasteiger partial charge in [0.1, 0.15) is 0 Å². The molecule has 0 saturated heterocycles. The molecular formula is C17H18N2O3. The third kappa shape index (κ3) is 3.91. The summed E-state index contributed by atoms with van der Waals surface area (Å²) >= 11 is 0. The highest BCUT2D eigenvalue weighted by Gasteiger charge is 2.20. The minimum atomic E-state index is -0.959. The van der Waals surface area contributed by atoms with Gasteiger partial charge in [-0.2, -0.15) is 0 Å². The van der Waals surface area contributed by atoms with Crippen LogP contribution in [0.4, 0.5) is 0 Å². The van der Waals surface area contributed by atoms with Gasteiger partial charge < -0.3 is 10.4 Å². The SMILES string of the molecule is Cc1cc(C(=O)NC(CC(=O)O)c2ccccc2C)ccn1. The lowest BCUT2D eigenvalue weighted by atomic mass is 9.98. The van der Waals surface area contributed by atoms with Crippen molar-refractivity contribution < 1.29 is 14.7 Å². The number of aryl methyl sites for hydroxylation is 2. The monoisotopic (exact) mass is 298 g/mol. The molecule has 0 radical (unpaired) electrons. The molecule has 5 nitrogen and oxygen atoms in total. The van der Waals surface area contributed by atoms with Crippen LogP contribution >= 0.6 is 0 Å². The van der Waals surface area contributed by atoms with Crippen LogP contribution in [0.3, 0.4) is 0 Å². The summed E-state index contributed by atoms with van der Waals surface area (Å²) in [5.74, 6) is -1.26. The van der Waals surface area contributed by atoms with Crippen molar-refractivity contribution in [2.75, 3.05) is 0 Å². The fraction of sp³-hybridized carbons (Fsp3) is 0.235. The van der Waals surface area contributed by atoms with Gasteiger partial charge >= 0.3 is 5.97 Å². The van der Waals surface area contributed by atoms with Crippen LogP contribution in [0.1, 0.15) is 39.6 Å². The zero-order chi connectivity index (χ0) is 16.1. The van der Waals surface area contributed by atoms with E-state index in [2.05, 4.69) is 10.3 Å². The van der Waals surface area contributed by atoms with E-state index in [0.717, 1.165) is 16.8 Å². The van der Waals surface area contributed by atoms with E-state index in [1.165, 1.54) is 0 Å². The quantitative estimate of drug-likeness (QED) is 0.889. The Labute approximate surface area is 129 Å². The Morgan fingerprint density at radius 2 is 1.95 bits per heavy atom. The predicted octanol–water partition coefficient (Wildman–Crippen LogP) is 2.64. The van der Waals surface area contributed by atoms with E-state index in [0.29, 0.717) is 5.56 Å². The molecule has 2 aromatic rings. The third-order valence-corrected chi connectivity index (χ3v) is 3.41. The van der Waals surface area contributed by atoms with Crippen LogP contribution < -0.4 is 5.32 Å². The number of nitrogens with zero attached hydrogens (tertiary/aromatic N) is 1. The molecule has 1 unspecified atom stereocenters. The van der Waals surface area contributed by atoms with Crippen molar-refractivity contribution in [1.29, 1.82) is 0 Å². The van der Waals surface area contributed by atoms with Crippen LogP contribution in [0, 0.1) is 13.8 Å². The molecule has 1 atom stereocenters. The lowest BCUT2D eigenvalue weighted by Gasteiger charge is -2.19. The molecule has 2 rings (SSSR count). The number of rotatable bonds is 5. The van der Waals surface area contributed by atoms with E-state index in [4.69, 9.17) is 5.11 Å². The van der Waals surface area contributed by atoms with Gasteiger partial charge in [0.2, 0.25) is 0 Å². The molecule has 114 valence electrons. The lowest BCUT2D eigenvalue weighted by molar-refractivity contribution is -0.137. The second kappa shape index (κ2) is 6.85. The molecule has 1 heterocycles. The number of pyridine rings is 1. The smallest absolute Gasteiger partial charge is 0.305 e. The molecule has 0 fully saturated rings. The van der Waals surface area contributed by atoms with Gasteiger partial charge in [0.25, 0.3) is 5.91 Å². The highest BCUT2D eigenvalue weighted by molar-refractivity contribution is 5.94. The summed E-state index contributed by atoms with van der Waals surface area (Å²) in [6.07, 6.45) is 1.39. The topological polar surface area (TPSA) is 79.3 Å². The third-order valence-electron chi connectivity index (χ3n) is 3.41. The van der Waals surface area contributed by atoms with Gasteiger partial charge in [-0.1, -0.05) is 24.3 Å². The van der Waals surface area contributed by atoms with Gasteiger partial charge in [0.05, 0.1) is 12.5 Å². The average molecular weight is 298 g/mol. The number of aliphatic carboxylic acids is 1. The summed E-state index contributed by atoms with van der Waals surface area (Å²) < 4.78 is 0. The number of carboxylic acids is 1. The molecular weight excluding hydrogens is 280 g/mol. The Kier molecular flexibility index (Phi) is 4.88. The first-order valence-electron chi connectivity index (χ1n) is 6.98. The van der Waals surface area contributed by atoms with Gasteiger partial charge in [0, 0.05) is 17.5 Å². The van der Waals surface area contributed by atoms with Crippen LogP contribution in [0.5, 0.6) is 0 Å². The Bertz CT molecular complexity index is 698. The molecule has 22 heavy (non-hydrogen) atoms. The van der Waals surface area contributed by atoms with Crippen LogP contribution in [-0.2, 0) is 4.79 Å². The fourth-order valence-corrected chi connectivity index (χ4v) is 2.32. The van der Waals surface area contributed by atoms with E-state index < -0.39 is 12.0 Å². The van der Waals surface area contributed by atoms with Gasteiger partial charge in [-0.05, 0) is 37.1 Å². The standard InChI is InChI=1S/C17H18N2O3/c1-11-5-3-4-6-14(11)15(10-16(20)21)19-17(22)13-7-8-18-12(2)9-13/h3-9,15H,10H2,1-2H3,(H,19,22)(H,20,21). The summed E-state index contributed by atoms with van der Waals surface area (Å²) in [7, 11) is 0. The molecule has 0 spiro atoms. The molecule has 5 heteroatoms. The molecule has 2 N–H and O–H groups in total. The predicted molar refractivity (Wildman–Crippen MR) is 82.6 cm³/mol. The van der Waals surface area contributed by atoms with E-state index in [1.54, 1.807) is 25.3 Å². The molecule has 0 aliphatic rings. The normalized spacial score (nSPS) is 11.7. The maximum atomic E-state index is 12.3. The number of amides is 1. The minimum Gasteiger partial charge on any atom is -0.481 e. The number of hydrogen-bond donors (Lipinski definition) is 2. The highest BCUT2D eigenvalue weighted by atomic mass is 16.4. The number of nitrogens with one attached hydrogen (secondary N) is 1. The minimum absolute atomic E-state index is 0.166. The van der Waals surface area contributed by atoms with Crippen molar-refractivity contribution in [1.82, 2.24) is 10.3 Å². The molecule has 1 aromatic carbocycles. The Hall–Kier alpha value is -2.69. The van der Waals surface area contributed by atoms with Crippen LogP contribution in [-0.4, -0.2) is 22.0 Å². The van der Waals surface area contributed by atoms with Crippen molar-refractivity contribution in [3.8, 4) is 0 Å². The Morgan fingerprint density at radius 1 is 1.23 bits per heavy atom. The first-order chi connectivity index (χ1) is 10.5. The summed E-state index contributed by atoms with van der Waals surface area (Å²) in [5, 5.41) is 11.9. The number of benzene rings is 1. The molecule has 0 aliphatic carbocycles. The first-order valence-corrected chi connectivity index (χ1v) is 6.98. The van der Waals surface area contributed by atoms with Crippen molar-refractivity contribution in [2.24, 2.45) is 0 Å². The first kappa shape index (κ1) is 15.7. The molecule has 0 saturated carbocycles. The summed E-state index contributed by atoms with van der Waals surface area (Å²) in [5.41, 5.74) is 2.96. The van der Waals surface area contributed by atoms with Crippen molar-refractivity contribution in [3.63, 3.8) is 0 Å². The summed E-state index contributed by atoms with van der Waals surface area (Å²) in [4.78, 5) is 27.5. The molecule has 0 bridgehead atoms. The van der Waals surface area contributed by atoms with Crippen molar-refractivity contribution in [2.45, 2.75) is 26.3 Å². The number of hydrogen-bond acceptors (Lipinski definition) is 3. The van der Waals surface area contributed by atoms with E-state index in [9.17, 15) is 9.59 Å². The summed E-state index contributed by atoms with van der Waals surface area (Å²) in [6, 6.07) is 10.2. The maximum Gasteiger partial charge on any atom is 0.305 e. The lowest BCUT2D eigenvalue weighted by Crippen LogP contribution is -2.30. The highest BCUT2D eigenvalue weighted by Crippen LogP contribution is 2.21. The number of aromatic nitrogens is 1. The molecule has 1 aromatic heterocycles. The van der Waals surface area contributed by atoms with Gasteiger partial charge in [-0.3, -0.25) is 14.6 Å². The number of carboxylic acid groups (broad SMARTS) is 1. The summed E-state index contributed by atoms with van der Waals surface area (Å²) in [6.45, 7) is 3.69. The second-order valence-electron chi connectivity index (χ2n) is 5.17. The zero-order valence-electron chi connectivity index (χ0n) is 12.5. The fourth-order valence-electron chi connectivity index (χ4n) is 2.32. The number of carbonyl (C=O) groups excluding carboxylic acids is 1. The van der Waals surface area contributed by atoms with Crippen LogP contribution in [0.2, 0.25) is 0 Å². The Balaban J connectivity index is 2.25. The van der Waals surface area contributed by atoms with Crippen LogP contribution in [0.25, 0.3) is 0 Å². The molecule has 1 amide bonds. The van der Waals surface area contributed by atoms with Crippen molar-refractivity contribution in [3.05, 3.63) is 65.0 Å². The maximum absolute atomic E-state index is 12.3. The average Bonchev–Trinajstić information content (AvgIpc) is 2.46. The van der Waals surface area contributed by atoms with Gasteiger partial charge in [-0.25, -0.2) is 0 Å². The van der Waals surface area contributed by atoms with Crippen LogP contribution in [0.15, 0.2) is 42.6 Å². The Morgan fingerprint density at radius 3 is 2.59 bits per heavy atom. The zero-order valence-corrected chi connectivity index (χ0v) is 12.5. The second-order valence-corrected chi connectivity index (χ2v) is 5.17. The molecule has 0 aliphatic heterocycles. The van der Waals surface area contributed by atoms with E-state index in [1.807, 2.05) is 31.2 Å². The number of carbonyl (C=O) groups is 2. The van der Waals surface area contributed by atoms with E-state index in [-0.39, 0.29) is 12.3 Å². The van der Waals surface area contributed by atoms with E-state index >= 15 is 0 Å². The van der Waals surface area contributed by atoms with Crippen molar-refractivity contribution >= 4 is 11.9 Å².